The van der Waals surface area contributed by atoms with Crippen molar-refractivity contribution in [3.63, 3.8) is 0 Å². The first-order valence-corrected chi connectivity index (χ1v) is 10.0. The lowest BCUT2D eigenvalue weighted by molar-refractivity contribution is -0.386. The molecule has 28 heavy (non-hydrogen) atoms. The fourth-order valence-corrected chi connectivity index (χ4v) is 2.95. The number of hydrogen-bond acceptors (Lipinski definition) is 7. The van der Waals surface area contributed by atoms with Crippen molar-refractivity contribution >= 4 is 15.5 Å². The minimum atomic E-state index is -3.23. The van der Waals surface area contributed by atoms with Gasteiger partial charge in [0.1, 0.15) is 18.1 Å². The number of hydrogen-bond donors (Lipinski definition) is 0. The SMILES string of the molecule is CS(=O)(=O)c1ccc(COc2ccc(Oc3ncccc3[N+](=O)[O-])cc2)cc1. The fourth-order valence-electron chi connectivity index (χ4n) is 2.32. The molecule has 0 fully saturated rings. The van der Waals surface area contributed by atoms with E-state index in [4.69, 9.17) is 9.47 Å². The Morgan fingerprint density at radius 1 is 1.00 bits per heavy atom. The average molecular weight is 400 g/mol. The summed E-state index contributed by atoms with van der Waals surface area (Å²) in [5, 5.41) is 11.0. The minimum Gasteiger partial charge on any atom is -0.489 e. The summed E-state index contributed by atoms with van der Waals surface area (Å²) in [4.78, 5) is 14.6. The third-order valence-electron chi connectivity index (χ3n) is 3.74. The Labute approximate surface area is 161 Å². The van der Waals surface area contributed by atoms with Crippen LogP contribution in [-0.2, 0) is 16.4 Å². The predicted molar refractivity (Wildman–Crippen MR) is 101 cm³/mol. The zero-order chi connectivity index (χ0) is 20.1. The molecule has 0 bridgehead atoms. The summed E-state index contributed by atoms with van der Waals surface area (Å²) >= 11 is 0. The second kappa shape index (κ2) is 8.05. The Morgan fingerprint density at radius 2 is 1.64 bits per heavy atom. The summed E-state index contributed by atoms with van der Waals surface area (Å²) in [5.74, 6) is 0.855. The van der Waals surface area contributed by atoms with Crippen LogP contribution in [-0.4, -0.2) is 24.6 Å². The molecular weight excluding hydrogens is 384 g/mol. The van der Waals surface area contributed by atoms with E-state index in [-0.39, 0.29) is 23.1 Å². The normalized spacial score (nSPS) is 11.0. The van der Waals surface area contributed by atoms with E-state index in [0.717, 1.165) is 11.8 Å². The van der Waals surface area contributed by atoms with Crippen LogP contribution < -0.4 is 9.47 Å². The van der Waals surface area contributed by atoms with Crippen LogP contribution >= 0.6 is 0 Å². The van der Waals surface area contributed by atoms with Crippen LogP contribution in [0.15, 0.2) is 71.8 Å². The molecule has 3 aromatic rings. The summed E-state index contributed by atoms with van der Waals surface area (Å²) in [6.45, 7) is 0.260. The molecule has 144 valence electrons. The van der Waals surface area contributed by atoms with Crippen molar-refractivity contribution in [2.24, 2.45) is 0 Å². The van der Waals surface area contributed by atoms with Gasteiger partial charge in [0.2, 0.25) is 0 Å². The van der Waals surface area contributed by atoms with Crippen LogP contribution in [0.3, 0.4) is 0 Å². The molecule has 0 saturated carbocycles. The molecular formula is C19H16N2O6S. The highest BCUT2D eigenvalue weighted by Gasteiger charge is 2.16. The van der Waals surface area contributed by atoms with Crippen LogP contribution in [0.4, 0.5) is 5.69 Å². The summed E-state index contributed by atoms with van der Waals surface area (Å²) < 4.78 is 34.0. The molecule has 0 aliphatic carbocycles. The Bertz CT molecular complexity index is 1080. The van der Waals surface area contributed by atoms with Crippen molar-refractivity contribution in [2.75, 3.05) is 6.26 Å². The van der Waals surface area contributed by atoms with Gasteiger partial charge in [-0.3, -0.25) is 10.1 Å². The van der Waals surface area contributed by atoms with Crippen molar-refractivity contribution in [1.29, 1.82) is 0 Å². The molecule has 8 nitrogen and oxygen atoms in total. The summed E-state index contributed by atoms with van der Waals surface area (Å²) in [6.07, 6.45) is 2.57. The van der Waals surface area contributed by atoms with E-state index < -0.39 is 14.8 Å². The Balaban J connectivity index is 1.63. The zero-order valence-corrected chi connectivity index (χ0v) is 15.6. The number of pyridine rings is 1. The largest absolute Gasteiger partial charge is 0.489 e. The molecule has 0 spiro atoms. The molecule has 0 aliphatic rings. The lowest BCUT2D eigenvalue weighted by atomic mass is 10.2. The predicted octanol–water partition coefficient (Wildman–Crippen LogP) is 3.76. The molecule has 2 aromatic carbocycles. The van der Waals surface area contributed by atoms with Crippen LogP contribution in [0, 0.1) is 10.1 Å². The number of ether oxygens (including phenoxy) is 2. The van der Waals surface area contributed by atoms with Gasteiger partial charge in [0.05, 0.1) is 9.82 Å². The van der Waals surface area contributed by atoms with Crippen molar-refractivity contribution in [3.8, 4) is 17.4 Å². The van der Waals surface area contributed by atoms with E-state index in [0.29, 0.717) is 11.5 Å². The first kappa shape index (κ1) is 19.3. The number of rotatable bonds is 7. The molecule has 0 aliphatic heterocycles. The van der Waals surface area contributed by atoms with Crippen molar-refractivity contribution in [1.82, 2.24) is 4.98 Å². The Hall–Kier alpha value is -3.46. The smallest absolute Gasteiger partial charge is 0.331 e. The van der Waals surface area contributed by atoms with Gasteiger partial charge in [0.15, 0.2) is 9.84 Å². The highest BCUT2D eigenvalue weighted by Crippen LogP contribution is 2.29. The second-order valence-electron chi connectivity index (χ2n) is 5.86. The van der Waals surface area contributed by atoms with Crippen molar-refractivity contribution in [3.05, 3.63) is 82.5 Å². The fraction of sp³-hybridized carbons (Fsp3) is 0.105. The number of sulfone groups is 1. The van der Waals surface area contributed by atoms with Gasteiger partial charge in [-0.25, -0.2) is 13.4 Å². The number of nitrogens with zero attached hydrogens (tertiary/aromatic N) is 2. The number of nitro groups is 1. The third kappa shape index (κ3) is 4.83. The first-order chi connectivity index (χ1) is 13.3. The molecule has 3 rings (SSSR count). The van der Waals surface area contributed by atoms with Crippen molar-refractivity contribution in [2.45, 2.75) is 11.5 Å². The van der Waals surface area contributed by atoms with Crippen LogP contribution in [0.25, 0.3) is 0 Å². The Morgan fingerprint density at radius 3 is 2.25 bits per heavy atom. The summed E-state index contributed by atoms with van der Waals surface area (Å²) in [5.41, 5.74) is 0.595. The summed E-state index contributed by atoms with van der Waals surface area (Å²) in [7, 11) is -3.23. The zero-order valence-electron chi connectivity index (χ0n) is 14.8. The van der Waals surface area contributed by atoms with E-state index in [9.17, 15) is 18.5 Å². The maximum atomic E-state index is 11.5. The van der Waals surface area contributed by atoms with E-state index in [2.05, 4.69) is 4.98 Å². The van der Waals surface area contributed by atoms with Gasteiger partial charge in [0, 0.05) is 18.5 Å². The lowest BCUT2D eigenvalue weighted by Crippen LogP contribution is -1.99. The molecule has 0 amide bonds. The van der Waals surface area contributed by atoms with Crippen molar-refractivity contribution < 1.29 is 22.8 Å². The first-order valence-electron chi connectivity index (χ1n) is 8.12. The second-order valence-corrected chi connectivity index (χ2v) is 7.88. The van der Waals surface area contributed by atoms with Crippen LogP contribution in [0.1, 0.15) is 5.56 Å². The van der Waals surface area contributed by atoms with E-state index >= 15 is 0 Å². The standard InChI is InChI=1S/C19H16N2O6S/c1-28(24,25)17-10-4-14(5-11-17)13-26-15-6-8-16(9-7-15)27-19-18(21(22)23)3-2-12-20-19/h2-12H,13H2,1H3. The monoisotopic (exact) mass is 400 g/mol. The molecule has 0 N–H and O–H groups in total. The van der Waals surface area contributed by atoms with Crippen LogP contribution in [0.2, 0.25) is 0 Å². The molecule has 0 radical (unpaired) electrons. The van der Waals surface area contributed by atoms with Gasteiger partial charge in [-0.05, 0) is 48.0 Å². The number of aromatic nitrogens is 1. The highest BCUT2D eigenvalue weighted by molar-refractivity contribution is 7.90. The topological polar surface area (TPSA) is 109 Å². The average Bonchev–Trinajstić information content (AvgIpc) is 2.67. The minimum absolute atomic E-state index is 0.0906. The quantitative estimate of drug-likeness (QED) is 0.439. The molecule has 9 heteroatoms. The molecule has 1 heterocycles. The van der Waals surface area contributed by atoms with Gasteiger partial charge in [-0.15, -0.1) is 0 Å². The molecule has 1 aromatic heterocycles. The van der Waals surface area contributed by atoms with Gasteiger partial charge >= 0.3 is 5.69 Å². The molecule has 0 saturated heterocycles. The van der Waals surface area contributed by atoms with Gasteiger partial charge < -0.3 is 9.47 Å². The van der Waals surface area contributed by atoms with E-state index in [1.165, 1.54) is 30.5 Å². The third-order valence-corrected chi connectivity index (χ3v) is 4.87. The van der Waals surface area contributed by atoms with E-state index in [1.807, 2.05) is 0 Å². The van der Waals surface area contributed by atoms with Gasteiger partial charge in [-0.2, -0.15) is 0 Å². The molecule has 0 unspecified atom stereocenters. The maximum Gasteiger partial charge on any atom is 0.331 e. The van der Waals surface area contributed by atoms with Crippen LogP contribution in [0.5, 0.6) is 17.4 Å². The number of benzene rings is 2. The summed E-state index contributed by atoms with van der Waals surface area (Å²) in [6, 6.07) is 15.8. The van der Waals surface area contributed by atoms with Gasteiger partial charge in [0.25, 0.3) is 5.88 Å². The van der Waals surface area contributed by atoms with E-state index in [1.54, 1.807) is 36.4 Å². The maximum absolute atomic E-state index is 11.5. The van der Waals surface area contributed by atoms with Gasteiger partial charge in [-0.1, -0.05) is 12.1 Å². The highest BCUT2D eigenvalue weighted by atomic mass is 32.2. The molecule has 0 atom stereocenters. The Kier molecular flexibility index (Phi) is 5.55. The lowest BCUT2D eigenvalue weighted by Gasteiger charge is -2.09.